The van der Waals surface area contributed by atoms with Crippen LogP contribution in [0, 0.1) is 0 Å². The van der Waals surface area contributed by atoms with E-state index in [-0.39, 0.29) is 11.3 Å². The Bertz CT molecular complexity index is 2080. The van der Waals surface area contributed by atoms with Crippen LogP contribution in [0.1, 0.15) is 27.9 Å². The molecule has 0 saturated heterocycles. The summed E-state index contributed by atoms with van der Waals surface area (Å²) in [5, 5.41) is 6.79. The zero-order valence-electron chi connectivity index (χ0n) is 25.1. The third-order valence-corrected chi connectivity index (χ3v) is 7.59. The summed E-state index contributed by atoms with van der Waals surface area (Å²) in [6.07, 6.45) is 8.76. The van der Waals surface area contributed by atoms with Gasteiger partial charge in [-0.3, -0.25) is 14.2 Å². The summed E-state index contributed by atoms with van der Waals surface area (Å²) >= 11 is 0. The molecule has 0 radical (unpaired) electrons. The minimum atomic E-state index is -0.612. The van der Waals surface area contributed by atoms with Crippen molar-refractivity contribution >= 4 is 34.5 Å². The topological polar surface area (TPSA) is 169 Å². The molecule has 0 saturated carbocycles. The SMILES string of the molecule is C=C(OC)C(=O)Nc1ccccc1C(N)=O.Nc1ncccc1-c1nc2ccc(-n3cccn3)nc2n1-c1ccc2c(c1)CCC2. The molecule has 1 aliphatic rings. The Labute approximate surface area is 264 Å². The zero-order valence-corrected chi connectivity index (χ0v) is 25.1. The molecular formula is C34H31N9O3. The van der Waals surface area contributed by atoms with Crippen LogP contribution in [-0.2, 0) is 22.4 Å². The fourth-order valence-corrected chi connectivity index (χ4v) is 5.30. The van der Waals surface area contributed by atoms with Crippen LogP contribution < -0.4 is 16.8 Å². The van der Waals surface area contributed by atoms with Crippen LogP contribution in [0.5, 0.6) is 0 Å². The summed E-state index contributed by atoms with van der Waals surface area (Å²) in [7, 11) is 1.34. The highest BCUT2D eigenvalue weighted by atomic mass is 16.5. The van der Waals surface area contributed by atoms with Crippen LogP contribution in [0.15, 0.2) is 104 Å². The maximum Gasteiger partial charge on any atom is 0.290 e. The third kappa shape index (κ3) is 5.91. The van der Waals surface area contributed by atoms with Gasteiger partial charge in [-0.1, -0.05) is 24.8 Å². The van der Waals surface area contributed by atoms with Gasteiger partial charge in [0.25, 0.3) is 11.8 Å². The van der Waals surface area contributed by atoms with Gasteiger partial charge in [-0.15, -0.1) is 0 Å². The molecule has 4 heterocycles. The predicted molar refractivity (Wildman–Crippen MR) is 175 cm³/mol. The Balaban J connectivity index is 0.000000198. The quantitative estimate of drug-likeness (QED) is 0.173. The van der Waals surface area contributed by atoms with E-state index < -0.39 is 11.8 Å². The number of primary amides is 1. The van der Waals surface area contributed by atoms with Gasteiger partial charge in [-0.2, -0.15) is 5.10 Å². The molecule has 1 aliphatic carbocycles. The monoisotopic (exact) mass is 613 g/mol. The first-order chi connectivity index (χ1) is 22.3. The van der Waals surface area contributed by atoms with Crippen LogP contribution in [0.3, 0.4) is 0 Å². The number of methoxy groups -OCH3 is 1. The van der Waals surface area contributed by atoms with Crippen molar-refractivity contribution in [3.05, 3.63) is 120 Å². The number of benzene rings is 2. The molecule has 6 aromatic rings. The zero-order chi connectivity index (χ0) is 32.2. The maximum absolute atomic E-state index is 11.4. The molecule has 46 heavy (non-hydrogen) atoms. The molecule has 7 rings (SSSR count). The molecule has 230 valence electrons. The summed E-state index contributed by atoms with van der Waals surface area (Å²) in [5.74, 6) is 0.746. The minimum absolute atomic E-state index is 0.0423. The van der Waals surface area contributed by atoms with E-state index in [1.54, 1.807) is 35.3 Å². The molecule has 12 nitrogen and oxygen atoms in total. The lowest BCUT2D eigenvalue weighted by Gasteiger charge is -2.12. The number of carbonyl (C=O) groups is 2. The number of imidazole rings is 1. The second-order valence-corrected chi connectivity index (χ2v) is 10.5. The van der Waals surface area contributed by atoms with Crippen LogP contribution in [0.4, 0.5) is 11.5 Å². The van der Waals surface area contributed by atoms with E-state index in [2.05, 4.69) is 49.5 Å². The number of carbonyl (C=O) groups excluding carboxylic acids is 2. The Hall–Kier alpha value is -6.30. The normalized spacial score (nSPS) is 11.8. The number of rotatable bonds is 7. The smallest absolute Gasteiger partial charge is 0.290 e. The van der Waals surface area contributed by atoms with E-state index in [1.807, 2.05) is 36.5 Å². The lowest BCUT2D eigenvalue weighted by Crippen LogP contribution is -2.19. The van der Waals surface area contributed by atoms with Crippen LogP contribution in [0.25, 0.3) is 34.1 Å². The van der Waals surface area contributed by atoms with E-state index in [4.69, 9.17) is 21.4 Å². The van der Waals surface area contributed by atoms with Crippen molar-refractivity contribution < 1.29 is 14.3 Å². The second-order valence-electron chi connectivity index (χ2n) is 10.5. The summed E-state index contributed by atoms with van der Waals surface area (Å²) in [4.78, 5) is 36.5. The molecule has 2 amide bonds. The first kappa shape index (κ1) is 29.8. The van der Waals surface area contributed by atoms with Crippen LogP contribution in [0.2, 0.25) is 0 Å². The van der Waals surface area contributed by atoms with Gasteiger partial charge in [0.2, 0.25) is 0 Å². The molecule has 12 heteroatoms. The molecule has 0 unspecified atom stereocenters. The first-order valence-corrected chi connectivity index (χ1v) is 14.5. The average Bonchev–Trinajstić information content (AvgIpc) is 3.84. The minimum Gasteiger partial charge on any atom is -0.492 e. The Morgan fingerprint density at radius 2 is 1.78 bits per heavy atom. The van der Waals surface area contributed by atoms with E-state index in [0.29, 0.717) is 11.5 Å². The molecule has 0 spiro atoms. The fourth-order valence-electron chi connectivity index (χ4n) is 5.30. The number of nitrogen functional groups attached to an aromatic ring is 1. The Kier molecular flexibility index (Phi) is 8.24. The van der Waals surface area contributed by atoms with Gasteiger partial charge in [0.05, 0.1) is 23.9 Å². The van der Waals surface area contributed by atoms with Crippen LogP contribution >= 0.6 is 0 Å². The van der Waals surface area contributed by atoms with Crippen molar-refractivity contribution in [2.45, 2.75) is 19.3 Å². The lowest BCUT2D eigenvalue weighted by atomic mass is 10.1. The number of nitrogens with two attached hydrogens (primary N) is 2. The van der Waals surface area contributed by atoms with E-state index in [1.165, 1.54) is 30.7 Å². The number of anilines is 2. The number of aryl methyl sites for hydroxylation is 2. The van der Waals surface area contributed by atoms with Crippen molar-refractivity contribution in [3.63, 3.8) is 0 Å². The maximum atomic E-state index is 11.4. The largest absolute Gasteiger partial charge is 0.492 e. The third-order valence-electron chi connectivity index (χ3n) is 7.59. The van der Waals surface area contributed by atoms with Crippen molar-refractivity contribution in [2.24, 2.45) is 5.73 Å². The molecule has 2 aromatic carbocycles. The van der Waals surface area contributed by atoms with Gasteiger partial charge >= 0.3 is 0 Å². The van der Waals surface area contributed by atoms with Crippen molar-refractivity contribution in [3.8, 4) is 22.9 Å². The number of aromatic nitrogens is 6. The highest BCUT2D eigenvalue weighted by molar-refractivity contribution is 6.07. The van der Waals surface area contributed by atoms with Gasteiger partial charge < -0.3 is 21.5 Å². The van der Waals surface area contributed by atoms with Gasteiger partial charge in [-0.25, -0.2) is 19.6 Å². The molecule has 0 aliphatic heterocycles. The Morgan fingerprint density at radius 1 is 0.957 bits per heavy atom. The predicted octanol–water partition coefficient (Wildman–Crippen LogP) is 4.62. The second kappa shape index (κ2) is 12.7. The highest BCUT2D eigenvalue weighted by Crippen LogP contribution is 2.32. The van der Waals surface area contributed by atoms with E-state index in [0.717, 1.165) is 46.9 Å². The molecule has 5 N–H and O–H groups in total. The number of hydrogen-bond acceptors (Lipinski definition) is 8. The lowest BCUT2D eigenvalue weighted by molar-refractivity contribution is -0.115. The molecular weight excluding hydrogens is 582 g/mol. The number of nitrogens with one attached hydrogen (secondary N) is 1. The fraction of sp³-hybridized carbons (Fsp3) is 0.118. The summed E-state index contributed by atoms with van der Waals surface area (Å²) in [6.45, 7) is 3.39. The van der Waals surface area contributed by atoms with Gasteiger partial charge in [0.1, 0.15) is 11.3 Å². The standard InChI is InChI=1S/C23H19N7.C11H12N2O3/c24-21-18(6-2-11-25-21)22-27-19-9-10-20(29-13-3-12-26-29)28-23(19)30(22)17-8-7-15-4-1-5-16(15)14-17;1-7(16-2)11(15)13-9-6-4-3-5-8(9)10(12)14/h2-3,6-14H,1,4-5H2,(H2,24,25);3-6H,1H2,2H3,(H2,12,14)(H,13,15). The number of amides is 2. The summed E-state index contributed by atoms with van der Waals surface area (Å²) < 4.78 is 8.49. The van der Waals surface area contributed by atoms with Gasteiger partial charge in [0, 0.05) is 24.3 Å². The molecule has 4 aromatic heterocycles. The molecule has 0 atom stereocenters. The summed E-state index contributed by atoms with van der Waals surface area (Å²) in [6, 6.07) is 22.6. The number of hydrogen-bond donors (Lipinski definition) is 3. The number of fused-ring (bicyclic) bond motifs is 2. The first-order valence-electron chi connectivity index (χ1n) is 14.5. The average molecular weight is 614 g/mol. The highest BCUT2D eigenvalue weighted by Gasteiger charge is 2.20. The number of pyridine rings is 2. The number of para-hydroxylation sites is 1. The number of nitrogens with zero attached hydrogens (tertiary/aromatic N) is 6. The Morgan fingerprint density at radius 3 is 2.54 bits per heavy atom. The van der Waals surface area contributed by atoms with Crippen LogP contribution in [-0.4, -0.2) is 48.2 Å². The van der Waals surface area contributed by atoms with Crippen molar-refractivity contribution in [1.82, 2.24) is 29.3 Å². The van der Waals surface area contributed by atoms with E-state index >= 15 is 0 Å². The van der Waals surface area contributed by atoms with E-state index in [9.17, 15) is 9.59 Å². The molecule has 0 bridgehead atoms. The van der Waals surface area contributed by atoms with Gasteiger partial charge in [-0.05, 0) is 85.0 Å². The number of ether oxygens (including phenoxy) is 1. The molecule has 0 fully saturated rings. The van der Waals surface area contributed by atoms with Crippen molar-refractivity contribution in [1.29, 1.82) is 0 Å². The van der Waals surface area contributed by atoms with Crippen molar-refractivity contribution in [2.75, 3.05) is 18.2 Å². The summed E-state index contributed by atoms with van der Waals surface area (Å²) in [5.41, 5.74) is 18.1. The van der Waals surface area contributed by atoms with Gasteiger partial charge in [0.15, 0.2) is 23.0 Å².